The Kier molecular flexibility index (Phi) is 3.44. The first-order chi connectivity index (χ1) is 7.58. The van der Waals surface area contributed by atoms with Gasteiger partial charge in [-0.1, -0.05) is 31.5 Å². The monoisotopic (exact) mass is 237 g/mol. The number of hydrogen-bond donors (Lipinski definition) is 1. The van der Waals surface area contributed by atoms with Gasteiger partial charge in [-0.25, -0.2) is 0 Å². The van der Waals surface area contributed by atoms with Crippen molar-refractivity contribution < 1.29 is 0 Å². The van der Waals surface area contributed by atoms with Crippen molar-refractivity contribution in [2.75, 3.05) is 5.32 Å². The van der Waals surface area contributed by atoms with Crippen molar-refractivity contribution >= 4 is 17.3 Å². The molecule has 0 aliphatic heterocycles. The number of benzene rings is 1. The highest BCUT2D eigenvalue weighted by Crippen LogP contribution is 2.36. The maximum Gasteiger partial charge on any atom is 0.0455 e. The molecule has 1 saturated carbocycles. The van der Waals surface area contributed by atoms with Crippen LogP contribution in [0.2, 0.25) is 5.02 Å². The molecule has 0 bridgehead atoms. The van der Waals surface area contributed by atoms with Gasteiger partial charge >= 0.3 is 0 Å². The fourth-order valence-electron chi connectivity index (χ4n) is 2.31. The predicted octanol–water partition coefficient (Wildman–Crippen LogP) is 4.49. The van der Waals surface area contributed by atoms with E-state index in [0.29, 0.717) is 6.04 Å². The van der Waals surface area contributed by atoms with E-state index in [2.05, 4.69) is 32.2 Å². The van der Waals surface area contributed by atoms with Crippen LogP contribution in [0.1, 0.15) is 32.3 Å². The van der Waals surface area contributed by atoms with E-state index in [1.807, 2.05) is 12.1 Å². The molecule has 1 fully saturated rings. The lowest BCUT2D eigenvalue weighted by atomic mass is 9.73. The Morgan fingerprint density at radius 1 is 1.31 bits per heavy atom. The first-order valence-corrected chi connectivity index (χ1v) is 6.47. The molecule has 88 valence electrons. The minimum absolute atomic E-state index is 0.643. The number of rotatable bonds is 3. The van der Waals surface area contributed by atoms with Gasteiger partial charge in [0.25, 0.3) is 0 Å². The summed E-state index contributed by atoms with van der Waals surface area (Å²) in [6.45, 7) is 6.69. The van der Waals surface area contributed by atoms with Crippen molar-refractivity contribution in [1.82, 2.24) is 0 Å². The van der Waals surface area contributed by atoms with Gasteiger partial charge in [-0.05, 0) is 49.3 Å². The topological polar surface area (TPSA) is 12.0 Å². The molecule has 1 aromatic carbocycles. The number of halogens is 1. The first kappa shape index (κ1) is 11.8. The third-order valence-corrected chi connectivity index (χ3v) is 4.15. The molecule has 0 aromatic heterocycles. The Hall–Kier alpha value is -0.690. The average molecular weight is 238 g/mol. The van der Waals surface area contributed by atoms with Gasteiger partial charge in [0.2, 0.25) is 0 Å². The maximum absolute atomic E-state index is 6.10. The minimum Gasteiger partial charge on any atom is -0.382 e. The lowest BCUT2D eigenvalue weighted by molar-refractivity contribution is 0.212. The van der Waals surface area contributed by atoms with Crippen LogP contribution in [0.15, 0.2) is 18.2 Å². The van der Waals surface area contributed by atoms with Crippen LogP contribution in [-0.2, 0) is 0 Å². The van der Waals surface area contributed by atoms with E-state index in [4.69, 9.17) is 11.6 Å². The summed E-state index contributed by atoms with van der Waals surface area (Å²) in [6, 6.07) is 6.71. The molecule has 2 rings (SSSR count). The van der Waals surface area contributed by atoms with Crippen LogP contribution in [0, 0.1) is 18.8 Å². The Labute approximate surface area is 103 Å². The standard InChI is InChI=1S/C14H20ClN/c1-9(2)11-7-12(8-11)16-14-6-4-5-13(15)10(14)3/h4-6,9,11-12,16H,7-8H2,1-3H3. The van der Waals surface area contributed by atoms with Crippen molar-refractivity contribution in [3.63, 3.8) is 0 Å². The molecule has 1 aromatic rings. The van der Waals surface area contributed by atoms with Crippen LogP contribution < -0.4 is 5.32 Å². The molecule has 0 spiro atoms. The highest BCUT2D eigenvalue weighted by Gasteiger charge is 2.31. The molecule has 16 heavy (non-hydrogen) atoms. The van der Waals surface area contributed by atoms with E-state index < -0.39 is 0 Å². The van der Waals surface area contributed by atoms with Crippen LogP contribution in [0.25, 0.3) is 0 Å². The van der Waals surface area contributed by atoms with Crippen LogP contribution >= 0.6 is 11.6 Å². The zero-order valence-corrected chi connectivity index (χ0v) is 11.0. The maximum atomic E-state index is 6.10. The Morgan fingerprint density at radius 3 is 2.62 bits per heavy atom. The molecule has 0 atom stereocenters. The molecule has 1 nitrogen and oxygen atoms in total. The highest BCUT2D eigenvalue weighted by atomic mass is 35.5. The molecule has 1 aliphatic carbocycles. The summed E-state index contributed by atoms with van der Waals surface area (Å²) in [5, 5.41) is 4.44. The zero-order chi connectivity index (χ0) is 11.7. The van der Waals surface area contributed by atoms with Crippen LogP contribution in [0.4, 0.5) is 5.69 Å². The van der Waals surface area contributed by atoms with Gasteiger partial charge in [-0.2, -0.15) is 0 Å². The van der Waals surface area contributed by atoms with Crippen LogP contribution in [-0.4, -0.2) is 6.04 Å². The Balaban J connectivity index is 1.94. The van der Waals surface area contributed by atoms with Crippen molar-refractivity contribution in [3.8, 4) is 0 Å². The summed E-state index contributed by atoms with van der Waals surface area (Å²) < 4.78 is 0. The molecular weight excluding hydrogens is 218 g/mol. The largest absolute Gasteiger partial charge is 0.382 e. The third-order valence-electron chi connectivity index (χ3n) is 3.74. The number of nitrogens with one attached hydrogen (secondary N) is 1. The highest BCUT2D eigenvalue weighted by molar-refractivity contribution is 6.31. The second-order valence-corrected chi connectivity index (χ2v) is 5.64. The minimum atomic E-state index is 0.643. The summed E-state index contributed by atoms with van der Waals surface area (Å²) in [5.41, 5.74) is 2.36. The van der Waals surface area contributed by atoms with E-state index in [1.165, 1.54) is 18.5 Å². The first-order valence-electron chi connectivity index (χ1n) is 6.09. The van der Waals surface area contributed by atoms with Gasteiger partial charge in [0, 0.05) is 16.8 Å². The molecule has 0 unspecified atom stereocenters. The quantitative estimate of drug-likeness (QED) is 0.817. The van der Waals surface area contributed by atoms with E-state index >= 15 is 0 Å². The van der Waals surface area contributed by atoms with Gasteiger partial charge in [0.05, 0.1) is 0 Å². The van der Waals surface area contributed by atoms with Crippen LogP contribution in [0.3, 0.4) is 0 Å². The summed E-state index contributed by atoms with van der Waals surface area (Å²) in [4.78, 5) is 0. The summed E-state index contributed by atoms with van der Waals surface area (Å²) in [7, 11) is 0. The van der Waals surface area contributed by atoms with Gasteiger partial charge in [0.15, 0.2) is 0 Å². The molecule has 2 heteroatoms. The SMILES string of the molecule is Cc1c(Cl)cccc1NC1CC(C(C)C)C1. The van der Waals surface area contributed by atoms with E-state index in [9.17, 15) is 0 Å². The normalized spacial score (nSPS) is 24.3. The summed E-state index contributed by atoms with van der Waals surface area (Å²) >= 11 is 6.10. The Morgan fingerprint density at radius 2 is 2.00 bits per heavy atom. The molecule has 0 radical (unpaired) electrons. The van der Waals surface area contributed by atoms with Gasteiger partial charge in [-0.3, -0.25) is 0 Å². The predicted molar refractivity (Wildman–Crippen MR) is 71.2 cm³/mol. The lowest BCUT2D eigenvalue weighted by Gasteiger charge is -2.39. The Bertz CT molecular complexity index is 367. The van der Waals surface area contributed by atoms with Crippen molar-refractivity contribution in [2.45, 2.75) is 39.7 Å². The zero-order valence-electron chi connectivity index (χ0n) is 10.3. The van der Waals surface area contributed by atoms with E-state index in [-0.39, 0.29) is 0 Å². The molecule has 1 aliphatic rings. The molecule has 0 saturated heterocycles. The second kappa shape index (κ2) is 4.67. The van der Waals surface area contributed by atoms with Crippen molar-refractivity contribution in [1.29, 1.82) is 0 Å². The van der Waals surface area contributed by atoms with Crippen LogP contribution in [0.5, 0.6) is 0 Å². The summed E-state index contributed by atoms with van der Waals surface area (Å²) in [5.74, 6) is 1.72. The third kappa shape index (κ3) is 2.35. The molecule has 1 N–H and O–H groups in total. The van der Waals surface area contributed by atoms with Gasteiger partial charge < -0.3 is 5.32 Å². The van der Waals surface area contributed by atoms with Gasteiger partial charge in [0.1, 0.15) is 0 Å². The fraction of sp³-hybridized carbons (Fsp3) is 0.571. The van der Waals surface area contributed by atoms with Crippen molar-refractivity contribution in [2.24, 2.45) is 11.8 Å². The van der Waals surface area contributed by atoms with Gasteiger partial charge in [-0.15, -0.1) is 0 Å². The lowest BCUT2D eigenvalue weighted by Crippen LogP contribution is -2.38. The smallest absolute Gasteiger partial charge is 0.0455 e. The number of hydrogen-bond acceptors (Lipinski definition) is 1. The fourth-order valence-corrected chi connectivity index (χ4v) is 2.48. The van der Waals surface area contributed by atoms with E-state index in [0.717, 1.165) is 22.4 Å². The average Bonchev–Trinajstić information content (AvgIpc) is 2.16. The molecular formula is C14H20ClN. The number of anilines is 1. The second-order valence-electron chi connectivity index (χ2n) is 5.23. The van der Waals surface area contributed by atoms with Crippen molar-refractivity contribution in [3.05, 3.63) is 28.8 Å². The van der Waals surface area contributed by atoms with E-state index in [1.54, 1.807) is 0 Å². The molecule has 0 amide bonds. The summed E-state index contributed by atoms with van der Waals surface area (Å²) in [6.07, 6.45) is 2.59. The molecule has 0 heterocycles.